The van der Waals surface area contributed by atoms with Crippen molar-refractivity contribution in [3.8, 4) is 5.75 Å². The Morgan fingerprint density at radius 3 is 2.33 bits per heavy atom. The Morgan fingerprint density at radius 1 is 1.40 bits per heavy atom. The van der Waals surface area contributed by atoms with E-state index in [1.54, 1.807) is 0 Å². The van der Waals surface area contributed by atoms with Gasteiger partial charge in [-0.1, -0.05) is 30.1 Å². The third-order valence-electron chi connectivity index (χ3n) is 1.64. The SMILES string of the molecule is CCCOc1c(Cl)cc([N+](=O)[O-])cc1Cl. The zero-order valence-corrected chi connectivity index (χ0v) is 9.51. The molecule has 15 heavy (non-hydrogen) atoms. The van der Waals surface area contributed by atoms with E-state index in [1.807, 2.05) is 6.92 Å². The molecule has 82 valence electrons. The average Bonchev–Trinajstić information content (AvgIpc) is 2.16. The van der Waals surface area contributed by atoms with Gasteiger partial charge in [0.05, 0.1) is 21.6 Å². The molecule has 1 aromatic rings. The van der Waals surface area contributed by atoms with Gasteiger partial charge in [-0.3, -0.25) is 10.1 Å². The highest BCUT2D eigenvalue weighted by Gasteiger charge is 2.15. The number of nitrogens with zero attached hydrogens (tertiary/aromatic N) is 1. The summed E-state index contributed by atoms with van der Waals surface area (Å²) in [6, 6.07) is 2.44. The molecule has 6 heteroatoms. The largest absolute Gasteiger partial charge is 0.490 e. The van der Waals surface area contributed by atoms with Crippen molar-refractivity contribution in [2.45, 2.75) is 13.3 Å². The Hall–Kier alpha value is -1.00. The van der Waals surface area contributed by atoms with Crippen LogP contribution in [0.3, 0.4) is 0 Å². The van der Waals surface area contributed by atoms with Crippen LogP contribution in [0, 0.1) is 10.1 Å². The molecule has 4 nitrogen and oxygen atoms in total. The van der Waals surface area contributed by atoms with Crippen LogP contribution in [-0.4, -0.2) is 11.5 Å². The Kier molecular flexibility index (Phi) is 4.17. The van der Waals surface area contributed by atoms with Crippen LogP contribution in [0.4, 0.5) is 5.69 Å². The molecule has 0 amide bonds. The molecule has 0 spiro atoms. The molecule has 0 aliphatic rings. The highest BCUT2D eigenvalue weighted by Crippen LogP contribution is 2.36. The summed E-state index contributed by atoms with van der Waals surface area (Å²) in [6.07, 6.45) is 0.809. The van der Waals surface area contributed by atoms with E-state index in [9.17, 15) is 10.1 Å². The first-order valence-electron chi connectivity index (χ1n) is 4.32. The second-order valence-corrected chi connectivity index (χ2v) is 3.66. The molecular weight excluding hydrogens is 241 g/mol. The number of nitro groups is 1. The zero-order chi connectivity index (χ0) is 11.4. The van der Waals surface area contributed by atoms with Crippen LogP contribution in [0.5, 0.6) is 5.75 Å². The molecule has 0 aliphatic heterocycles. The van der Waals surface area contributed by atoms with Gasteiger partial charge in [0, 0.05) is 12.1 Å². The molecule has 0 saturated heterocycles. The zero-order valence-electron chi connectivity index (χ0n) is 8.00. The average molecular weight is 250 g/mol. The summed E-state index contributed by atoms with van der Waals surface area (Å²) in [5.74, 6) is 0.297. The fraction of sp³-hybridized carbons (Fsp3) is 0.333. The molecule has 0 fully saturated rings. The maximum absolute atomic E-state index is 10.5. The lowest BCUT2D eigenvalue weighted by atomic mass is 10.3. The molecule has 0 bridgehead atoms. The summed E-state index contributed by atoms with van der Waals surface area (Å²) in [5.41, 5.74) is -0.145. The first kappa shape index (κ1) is 12.1. The van der Waals surface area contributed by atoms with Gasteiger partial charge in [-0.2, -0.15) is 0 Å². The van der Waals surface area contributed by atoms with Crippen molar-refractivity contribution in [3.05, 3.63) is 32.3 Å². The molecule has 0 saturated carbocycles. The first-order chi connectivity index (χ1) is 7.06. The molecule has 1 aromatic carbocycles. The summed E-state index contributed by atoms with van der Waals surface area (Å²) in [4.78, 5) is 9.92. The van der Waals surface area contributed by atoms with Crippen molar-refractivity contribution in [3.63, 3.8) is 0 Å². The minimum absolute atomic E-state index is 0.145. The third kappa shape index (κ3) is 2.97. The van der Waals surface area contributed by atoms with Crippen LogP contribution in [-0.2, 0) is 0 Å². The van der Waals surface area contributed by atoms with Gasteiger partial charge in [-0.05, 0) is 6.42 Å². The van der Waals surface area contributed by atoms with Gasteiger partial charge in [0.2, 0.25) is 0 Å². The monoisotopic (exact) mass is 249 g/mol. The van der Waals surface area contributed by atoms with E-state index in [4.69, 9.17) is 27.9 Å². The maximum atomic E-state index is 10.5. The van der Waals surface area contributed by atoms with Gasteiger partial charge in [-0.25, -0.2) is 0 Å². The molecule has 0 atom stereocenters. The number of nitro benzene ring substituents is 1. The predicted octanol–water partition coefficient (Wildman–Crippen LogP) is 3.69. The summed E-state index contributed by atoms with van der Waals surface area (Å²) in [6.45, 7) is 2.41. The molecule has 0 heterocycles. The number of rotatable bonds is 4. The van der Waals surface area contributed by atoms with Crippen molar-refractivity contribution in [2.24, 2.45) is 0 Å². The molecule has 0 aromatic heterocycles. The van der Waals surface area contributed by atoms with Crippen LogP contribution in [0.25, 0.3) is 0 Å². The Morgan fingerprint density at radius 2 is 1.93 bits per heavy atom. The third-order valence-corrected chi connectivity index (χ3v) is 2.21. The highest BCUT2D eigenvalue weighted by atomic mass is 35.5. The van der Waals surface area contributed by atoms with E-state index in [2.05, 4.69) is 0 Å². The predicted molar refractivity (Wildman–Crippen MR) is 58.9 cm³/mol. The van der Waals surface area contributed by atoms with Crippen LogP contribution in [0.2, 0.25) is 10.0 Å². The van der Waals surface area contributed by atoms with E-state index in [0.29, 0.717) is 12.4 Å². The van der Waals surface area contributed by atoms with E-state index >= 15 is 0 Å². The molecule has 1 rings (SSSR count). The second-order valence-electron chi connectivity index (χ2n) is 2.84. The van der Waals surface area contributed by atoms with Gasteiger partial charge in [0.15, 0.2) is 5.75 Å². The lowest BCUT2D eigenvalue weighted by Crippen LogP contribution is -1.97. The van der Waals surface area contributed by atoms with Crippen molar-refractivity contribution >= 4 is 28.9 Å². The number of ether oxygens (including phenoxy) is 1. The summed E-state index contributed by atoms with van der Waals surface area (Å²) in [7, 11) is 0. The topological polar surface area (TPSA) is 52.4 Å². The number of hydrogen-bond donors (Lipinski definition) is 0. The van der Waals surface area contributed by atoms with Crippen LogP contribution < -0.4 is 4.74 Å². The van der Waals surface area contributed by atoms with Crippen molar-refractivity contribution in [2.75, 3.05) is 6.61 Å². The highest BCUT2D eigenvalue weighted by molar-refractivity contribution is 6.37. The lowest BCUT2D eigenvalue weighted by molar-refractivity contribution is -0.384. The van der Waals surface area contributed by atoms with Crippen molar-refractivity contribution < 1.29 is 9.66 Å². The first-order valence-corrected chi connectivity index (χ1v) is 5.08. The van der Waals surface area contributed by atoms with Gasteiger partial charge < -0.3 is 4.74 Å². The van der Waals surface area contributed by atoms with Gasteiger partial charge in [0.1, 0.15) is 0 Å². The lowest BCUT2D eigenvalue weighted by Gasteiger charge is -2.08. The Balaban J connectivity index is 3.04. The fourth-order valence-electron chi connectivity index (χ4n) is 0.994. The summed E-state index contributed by atoms with van der Waals surface area (Å²) >= 11 is 11.6. The minimum Gasteiger partial charge on any atom is -0.490 e. The number of benzene rings is 1. The molecule has 0 unspecified atom stereocenters. The number of halogens is 2. The van der Waals surface area contributed by atoms with Crippen LogP contribution >= 0.6 is 23.2 Å². The number of non-ortho nitro benzene ring substituents is 1. The fourth-order valence-corrected chi connectivity index (χ4v) is 1.58. The van der Waals surface area contributed by atoms with Crippen molar-refractivity contribution in [1.82, 2.24) is 0 Å². The molecule has 0 aliphatic carbocycles. The quantitative estimate of drug-likeness (QED) is 0.604. The normalized spacial score (nSPS) is 10.1. The van der Waals surface area contributed by atoms with Crippen LogP contribution in [0.1, 0.15) is 13.3 Å². The van der Waals surface area contributed by atoms with Crippen molar-refractivity contribution in [1.29, 1.82) is 0 Å². The number of hydrogen-bond acceptors (Lipinski definition) is 3. The molecular formula is C9H9Cl2NO3. The van der Waals surface area contributed by atoms with E-state index < -0.39 is 4.92 Å². The maximum Gasteiger partial charge on any atom is 0.272 e. The van der Waals surface area contributed by atoms with Gasteiger partial charge in [-0.15, -0.1) is 0 Å². The van der Waals surface area contributed by atoms with E-state index in [-0.39, 0.29) is 15.7 Å². The van der Waals surface area contributed by atoms with Gasteiger partial charge >= 0.3 is 0 Å². The Labute approximate surface area is 96.9 Å². The van der Waals surface area contributed by atoms with E-state index in [1.165, 1.54) is 12.1 Å². The minimum atomic E-state index is -0.554. The second kappa shape index (κ2) is 5.19. The Bertz CT molecular complexity index is 359. The van der Waals surface area contributed by atoms with Crippen LogP contribution in [0.15, 0.2) is 12.1 Å². The summed E-state index contributed by atoms with van der Waals surface area (Å²) in [5, 5.41) is 10.8. The smallest absolute Gasteiger partial charge is 0.272 e. The standard InChI is InChI=1S/C9H9Cl2NO3/c1-2-3-15-9-7(10)4-6(12(13)14)5-8(9)11/h4-5H,2-3H2,1H3. The molecule has 0 radical (unpaired) electrons. The molecule has 0 N–H and O–H groups in total. The van der Waals surface area contributed by atoms with E-state index in [0.717, 1.165) is 6.42 Å². The summed E-state index contributed by atoms with van der Waals surface area (Å²) < 4.78 is 5.26. The van der Waals surface area contributed by atoms with Gasteiger partial charge in [0.25, 0.3) is 5.69 Å².